The number of nitrogens with two attached hydrogens (primary N) is 2. The first-order valence-electron chi connectivity index (χ1n) is 7.44. The highest BCUT2D eigenvalue weighted by Gasteiger charge is 2.17. The summed E-state index contributed by atoms with van der Waals surface area (Å²) in [5, 5.41) is 3.49. The van der Waals surface area contributed by atoms with Gasteiger partial charge in [-0.25, -0.2) is 9.97 Å². The van der Waals surface area contributed by atoms with Crippen LogP contribution in [0.5, 0.6) is 0 Å². The van der Waals surface area contributed by atoms with E-state index in [1.165, 1.54) is 0 Å². The van der Waals surface area contributed by atoms with Crippen LogP contribution in [-0.4, -0.2) is 48.5 Å². The van der Waals surface area contributed by atoms with Crippen LogP contribution in [0, 0.1) is 0 Å². The largest absolute Gasteiger partial charge is 0.379 e. The fourth-order valence-electron chi connectivity index (χ4n) is 2.29. The highest BCUT2D eigenvalue weighted by molar-refractivity contribution is 8.14. The molecule has 0 radical (unpaired) electrons. The Morgan fingerprint density at radius 3 is 2.42 bits per heavy atom. The average molecular weight is 382 g/mol. The van der Waals surface area contributed by atoms with E-state index in [9.17, 15) is 0 Å². The molecule has 128 valence electrons. The van der Waals surface area contributed by atoms with Crippen molar-refractivity contribution < 1.29 is 0 Å². The van der Waals surface area contributed by atoms with Gasteiger partial charge in [-0.3, -0.25) is 9.98 Å². The van der Waals surface area contributed by atoms with E-state index in [0.717, 1.165) is 35.3 Å². The smallest absolute Gasteiger partial charge is 0.154 e. The molecule has 10 heteroatoms. The molecule has 0 aliphatic carbocycles. The summed E-state index contributed by atoms with van der Waals surface area (Å²) < 4.78 is 2.02. The van der Waals surface area contributed by atoms with Gasteiger partial charge >= 0.3 is 0 Å². The van der Waals surface area contributed by atoms with Crippen molar-refractivity contribution in [2.24, 2.45) is 21.5 Å². The highest BCUT2D eigenvalue weighted by atomic mass is 32.2. The van der Waals surface area contributed by atoms with Gasteiger partial charge in [-0.2, -0.15) is 0 Å². The van der Waals surface area contributed by atoms with Gasteiger partial charge in [0.1, 0.15) is 0 Å². The third kappa shape index (κ3) is 5.25. The number of hydrogen-bond acceptors (Lipinski definition) is 9. The van der Waals surface area contributed by atoms with Gasteiger partial charge in [-0.1, -0.05) is 23.5 Å². The molecule has 2 aliphatic rings. The molecule has 0 amide bonds. The van der Waals surface area contributed by atoms with Gasteiger partial charge in [0, 0.05) is 42.2 Å². The summed E-state index contributed by atoms with van der Waals surface area (Å²) in [4.78, 5) is 16.7. The van der Waals surface area contributed by atoms with E-state index in [2.05, 4.69) is 25.3 Å². The fourth-order valence-corrected chi connectivity index (χ4v) is 4.41. The van der Waals surface area contributed by atoms with E-state index in [0.29, 0.717) is 17.3 Å². The number of aliphatic imine (C=N–C) groups is 2. The Bertz CT molecular complexity index is 621. The second-order valence-electron chi connectivity index (χ2n) is 5.31. The van der Waals surface area contributed by atoms with Crippen LogP contribution in [-0.2, 0) is 13.0 Å². The van der Waals surface area contributed by atoms with E-state index in [1.807, 2.05) is 16.3 Å². The number of amidine groups is 2. The molecule has 24 heavy (non-hydrogen) atoms. The lowest BCUT2D eigenvalue weighted by molar-refractivity contribution is 0.603. The number of hydrogen-bond donors (Lipinski definition) is 2. The standard InChI is InChI=1S/C7H10N4S.C7H9N3S2/c8-7-10-6(4-12-7)3-11-2-1-9-5-11;8-7-10-6(3-12-7)1-5-2-11-4-9-5/h1-2,5-6H,3-4H2,(H2,8,10);2,4,6H,1,3H2,(H2,8,10). The lowest BCUT2D eigenvalue weighted by atomic mass is 10.2. The second-order valence-corrected chi connectivity index (χ2v) is 8.11. The SMILES string of the molecule is NC1=NC(Cc2cscn2)CS1.NC1=NC(Cn2ccnc2)CS1. The number of thiazole rings is 1. The molecule has 4 heterocycles. The molecule has 2 aromatic heterocycles. The second kappa shape index (κ2) is 8.54. The van der Waals surface area contributed by atoms with Gasteiger partial charge < -0.3 is 16.0 Å². The molecule has 7 nitrogen and oxygen atoms in total. The Balaban J connectivity index is 0.000000141. The van der Waals surface area contributed by atoms with Crippen molar-refractivity contribution in [2.75, 3.05) is 11.5 Å². The van der Waals surface area contributed by atoms with Crippen LogP contribution >= 0.6 is 34.9 Å². The summed E-state index contributed by atoms with van der Waals surface area (Å²) in [5.74, 6) is 1.99. The number of imidazole rings is 1. The molecule has 2 unspecified atom stereocenters. The lowest BCUT2D eigenvalue weighted by Crippen LogP contribution is -2.13. The topological polar surface area (TPSA) is 107 Å². The molecule has 0 fully saturated rings. The molecule has 0 bridgehead atoms. The monoisotopic (exact) mass is 381 g/mol. The molecule has 0 aromatic carbocycles. The zero-order valence-electron chi connectivity index (χ0n) is 13.0. The zero-order chi connectivity index (χ0) is 16.8. The maximum atomic E-state index is 5.55. The summed E-state index contributed by atoms with van der Waals surface area (Å²) in [6.07, 6.45) is 6.44. The Kier molecular flexibility index (Phi) is 6.16. The van der Waals surface area contributed by atoms with Crippen molar-refractivity contribution in [1.82, 2.24) is 14.5 Å². The van der Waals surface area contributed by atoms with Gasteiger partial charge in [0.05, 0.1) is 29.6 Å². The van der Waals surface area contributed by atoms with Crippen molar-refractivity contribution in [3.05, 3.63) is 35.3 Å². The molecule has 0 saturated carbocycles. The molecule has 2 aliphatic heterocycles. The first-order chi connectivity index (χ1) is 11.7. The van der Waals surface area contributed by atoms with Crippen LogP contribution < -0.4 is 11.5 Å². The summed E-state index contributed by atoms with van der Waals surface area (Å²) >= 11 is 4.88. The summed E-state index contributed by atoms with van der Waals surface area (Å²) in [5.41, 5.74) is 14.1. The maximum absolute atomic E-state index is 5.55. The van der Waals surface area contributed by atoms with Crippen LogP contribution in [0.1, 0.15) is 5.69 Å². The molecule has 0 saturated heterocycles. The van der Waals surface area contributed by atoms with E-state index in [1.54, 1.807) is 47.4 Å². The van der Waals surface area contributed by atoms with Crippen LogP contribution in [0.15, 0.2) is 39.6 Å². The third-order valence-electron chi connectivity index (χ3n) is 3.38. The summed E-state index contributed by atoms with van der Waals surface area (Å²) in [7, 11) is 0. The van der Waals surface area contributed by atoms with Crippen molar-refractivity contribution in [3.63, 3.8) is 0 Å². The Morgan fingerprint density at radius 1 is 1.12 bits per heavy atom. The van der Waals surface area contributed by atoms with Gasteiger partial charge in [-0.15, -0.1) is 11.3 Å². The predicted molar refractivity (Wildman–Crippen MR) is 104 cm³/mol. The average Bonchev–Trinajstić information content (AvgIpc) is 3.31. The Hall–Kier alpha value is -1.52. The minimum atomic E-state index is 0.323. The van der Waals surface area contributed by atoms with Crippen molar-refractivity contribution in [3.8, 4) is 0 Å². The quantitative estimate of drug-likeness (QED) is 0.829. The van der Waals surface area contributed by atoms with E-state index >= 15 is 0 Å². The molecule has 4 N–H and O–H groups in total. The van der Waals surface area contributed by atoms with E-state index < -0.39 is 0 Å². The fraction of sp³-hybridized carbons (Fsp3) is 0.429. The molecule has 2 atom stereocenters. The first-order valence-corrected chi connectivity index (χ1v) is 10.4. The van der Waals surface area contributed by atoms with Gasteiger partial charge in [0.25, 0.3) is 0 Å². The van der Waals surface area contributed by atoms with Crippen molar-refractivity contribution in [1.29, 1.82) is 0 Å². The minimum Gasteiger partial charge on any atom is -0.379 e. The van der Waals surface area contributed by atoms with Crippen molar-refractivity contribution >= 4 is 45.2 Å². The minimum absolute atomic E-state index is 0.323. The van der Waals surface area contributed by atoms with Crippen LogP contribution in [0.3, 0.4) is 0 Å². The van der Waals surface area contributed by atoms with E-state index in [4.69, 9.17) is 11.5 Å². The summed E-state index contributed by atoms with van der Waals surface area (Å²) in [6.45, 7) is 0.883. The number of rotatable bonds is 4. The molecular weight excluding hydrogens is 362 g/mol. The molecular formula is C14H19N7S3. The number of thioether (sulfide) groups is 2. The number of nitrogens with zero attached hydrogens (tertiary/aromatic N) is 5. The van der Waals surface area contributed by atoms with Crippen LogP contribution in [0.4, 0.5) is 0 Å². The molecule has 2 aromatic rings. The van der Waals surface area contributed by atoms with Gasteiger partial charge in [0.2, 0.25) is 0 Å². The third-order valence-corrected chi connectivity index (χ3v) is 5.92. The molecule has 0 spiro atoms. The van der Waals surface area contributed by atoms with Gasteiger partial charge in [0.15, 0.2) is 10.3 Å². The molecule has 4 rings (SSSR count). The first kappa shape index (κ1) is 17.3. The zero-order valence-corrected chi connectivity index (χ0v) is 15.4. The lowest BCUT2D eigenvalue weighted by Gasteiger charge is -2.04. The predicted octanol–water partition coefficient (Wildman–Crippen LogP) is 1.43. The van der Waals surface area contributed by atoms with Gasteiger partial charge in [-0.05, 0) is 0 Å². The van der Waals surface area contributed by atoms with Crippen LogP contribution in [0.2, 0.25) is 0 Å². The van der Waals surface area contributed by atoms with Crippen molar-refractivity contribution in [2.45, 2.75) is 25.0 Å². The normalized spacial score (nSPS) is 22.7. The Labute approximate surface area is 153 Å². The summed E-state index contributed by atoms with van der Waals surface area (Å²) in [6, 6.07) is 0.668. The Morgan fingerprint density at radius 2 is 1.88 bits per heavy atom. The highest BCUT2D eigenvalue weighted by Crippen LogP contribution is 2.18. The number of aromatic nitrogens is 3. The van der Waals surface area contributed by atoms with E-state index in [-0.39, 0.29) is 0 Å². The van der Waals surface area contributed by atoms with Crippen LogP contribution in [0.25, 0.3) is 0 Å². The maximum Gasteiger partial charge on any atom is 0.154 e.